The van der Waals surface area contributed by atoms with Crippen molar-refractivity contribution >= 4 is 22.6 Å². The molecule has 1 aliphatic carbocycles. The molecule has 2 aromatic rings. The number of oxazole rings is 1. The molecular formula is C17H20INO2. The van der Waals surface area contributed by atoms with Crippen LogP contribution in [-0.2, 0) is 0 Å². The Morgan fingerprint density at radius 1 is 1.24 bits per heavy atom. The molecule has 0 N–H and O–H groups in total. The minimum absolute atomic E-state index is 0.540. The lowest BCUT2D eigenvalue weighted by atomic mass is 9.88. The second-order valence-corrected chi connectivity index (χ2v) is 6.66. The third kappa shape index (κ3) is 2.96. The molecule has 0 atom stereocenters. The summed E-state index contributed by atoms with van der Waals surface area (Å²) >= 11 is 2.30. The van der Waals surface area contributed by atoms with Gasteiger partial charge >= 0.3 is 0 Å². The van der Waals surface area contributed by atoms with Gasteiger partial charge in [-0.15, -0.1) is 0 Å². The zero-order valence-corrected chi connectivity index (χ0v) is 14.6. The summed E-state index contributed by atoms with van der Waals surface area (Å²) < 4.78 is 12.5. The normalized spacial score (nSPS) is 16.1. The molecule has 1 saturated carbocycles. The quantitative estimate of drug-likeness (QED) is 0.659. The summed E-state index contributed by atoms with van der Waals surface area (Å²) in [6.45, 7) is 2.05. The fourth-order valence-electron chi connectivity index (χ4n) is 3.11. The van der Waals surface area contributed by atoms with Gasteiger partial charge in [0.1, 0.15) is 15.2 Å². The van der Waals surface area contributed by atoms with Gasteiger partial charge in [0, 0.05) is 17.0 Å². The molecule has 1 fully saturated rings. The van der Waals surface area contributed by atoms with Crippen molar-refractivity contribution in [2.45, 2.75) is 44.9 Å². The molecule has 0 radical (unpaired) electrons. The van der Waals surface area contributed by atoms with Gasteiger partial charge < -0.3 is 9.15 Å². The van der Waals surface area contributed by atoms with Crippen molar-refractivity contribution in [2.24, 2.45) is 0 Å². The Labute approximate surface area is 139 Å². The van der Waals surface area contributed by atoms with E-state index in [0.29, 0.717) is 5.92 Å². The Hall–Kier alpha value is -1.04. The van der Waals surface area contributed by atoms with E-state index in [1.807, 2.05) is 25.1 Å². The number of hydrogen-bond donors (Lipinski definition) is 0. The van der Waals surface area contributed by atoms with E-state index in [9.17, 15) is 0 Å². The van der Waals surface area contributed by atoms with Gasteiger partial charge in [0.25, 0.3) is 0 Å². The van der Waals surface area contributed by atoms with Crippen molar-refractivity contribution in [3.05, 3.63) is 33.2 Å². The maximum Gasteiger partial charge on any atom is 0.227 e. The first kappa shape index (κ1) is 14.9. The number of benzene rings is 1. The van der Waals surface area contributed by atoms with Crippen LogP contribution in [0.5, 0.6) is 5.75 Å². The number of rotatable bonds is 3. The van der Waals surface area contributed by atoms with Gasteiger partial charge in [-0.3, -0.25) is 0 Å². The lowest BCUT2D eigenvalue weighted by molar-refractivity contribution is 0.376. The van der Waals surface area contributed by atoms with E-state index in [2.05, 4.69) is 27.6 Å². The average molecular weight is 397 g/mol. The number of methoxy groups -OCH3 is 1. The van der Waals surface area contributed by atoms with Gasteiger partial charge in [-0.1, -0.05) is 25.3 Å². The molecule has 21 heavy (non-hydrogen) atoms. The first-order valence-corrected chi connectivity index (χ1v) is 8.58. The van der Waals surface area contributed by atoms with Gasteiger partial charge in [0.05, 0.1) is 7.11 Å². The van der Waals surface area contributed by atoms with E-state index < -0.39 is 0 Å². The van der Waals surface area contributed by atoms with Crippen molar-refractivity contribution in [3.63, 3.8) is 0 Å². The van der Waals surface area contributed by atoms with Crippen molar-refractivity contribution in [1.29, 1.82) is 0 Å². The van der Waals surface area contributed by atoms with Gasteiger partial charge in [0.15, 0.2) is 0 Å². The van der Waals surface area contributed by atoms with Crippen LogP contribution in [0.15, 0.2) is 22.6 Å². The van der Waals surface area contributed by atoms with Crippen LogP contribution in [0.3, 0.4) is 0 Å². The molecule has 1 aliphatic rings. The van der Waals surface area contributed by atoms with Crippen molar-refractivity contribution in [3.8, 4) is 17.2 Å². The first-order chi connectivity index (χ1) is 10.2. The SMILES string of the molecule is COc1cccc(-c2nc(I)c(C3CCCCC3)o2)c1C. The number of ether oxygens (including phenoxy) is 1. The Morgan fingerprint density at radius 3 is 2.71 bits per heavy atom. The second-order valence-electron chi connectivity index (χ2n) is 5.64. The average Bonchev–Trinajstić information content (AvgIpc) is 2.90. The Bertz CT molecular complexity index is 630. The summed E-state index contributed by atoms with van der Waals surface area (Å²) in [7, 11) is 1.69. The van der Waals surface area contributed by atoms with Gasteiger partial charge in [-0.25, -0.2) is 4.98 Å². The van der Waals surface area contributed by atoms with E-state index in [-0.39, 0.29) is 0 Å². The Morgan fingerprint density at radius 2 is 2.00 bits per heavy atom. The lowest BCUT2D eigenvalue weighted by Gasteiger charge is -2.19. The van der Waals surface area contributed by atoms with Crippen LogP contribution in [0, 0.1) is 10.6 Å². The molecule has 3 rings (SSSR count). The molecule has 0 saturated heterocycles. The zero-order valence-electron chi connectivity index (χ0n) is 12.5. The third-order valence-corrected chi connectivity index (χ3v) is 5.09. The minimum Gasteiger partial charge on any atom is -0.496 e. The molecule has 0 unspecified atom stereocenters. The summed E-state index contributed by atoms with van der Waals surface area (Å²) in [5.41, 5.74) is 2.10. The van der Waals surface area contributed by atoms with Crippen LogP contribution in [0.4, 0.5) is 0 Å². The predicted molar refractivity (Wildman–Crippen MR) is 91.8 cm³/mol. The monoisotopic (exact) mass is 397 g/mol. The molecule has 3 nitrogen and oxygen atoms in total. The molecule has 1 aromatic carbocycles. The topological polar surface area (TPSA) is 35.3 Å². The van der Waals surface area contributed by atoms with E-state index in [1.165, 1.54) is 32.1 Å². The first-order valence-electron chi connectivity index (χ1n) is 7.51. The molecular weight excluding hydrogens is 377 g/mol. The Kier molecular flexibility index (Phi) is 4.52. The summed E-state index contributed by atoms with van der Waals surface area (Å²) in [4.78, 5) is 4.66. The molecule has 4 heteroatoms. The highest BCUT2D eigenvalue weighted by Crippen LogP contribution is 2.38. The smallest absolute Gasteiger partial charge is 0.227 e. The standard InChI is InChI=1S/C17H20INO2/c1-11-13(9-6-10-14(11)20-2)17-19-16(18)15(21-17)12-7-4-3-5-8-12/h6,9-10,12H,3-5,7-8H2,1-2H3. The molecule has 1 aromatic heterocycles. The fourth-order valence-corrected chi connectivity index (χ4v) is 3.88. The zero-order chi connectivity index (χ0) is 14.8. The summed E-state index contributed by atoms with van der Waals surface area (Å²) in [6.07, 6.45) is 6.40. The van der Waals surface area contributed by atoms with Gasteiger partial charge in [-0.05, 0) is 54.5 Å². The molecule has 1 heterocycles. The molecule has 0 amide bonds. The summed E-state index contributed by atoms with van der Waals surface area (Å²) in [5.74, 6) is 3.21. The van der Waals surface area contributed by atoms with Crippen LogP contribution >= 0.6 is 22.6 Å². The number of halogens is 1. The second kappa shape index (κ2) is 6.38. The van der Waals surface area contributed by atoms with Crippen LogP contribution in [0.2, 0.25) is 0 Å². The highest BCUT2D eigenvalue weighted by Gasteiger charge is 2.24. The summed E-state index contributed by atoms with van der Waals surface area (Å²) in [5, 5.41) is 0. The maximum absolute atomic E-state index is 6.15. The van der Waals surface area contributed by atoms with Crippen LogP contribution in [-0.4, -0.2) is 12.1 Å². The fraction of sp³-hybridized carbons (Fsp3) is 0.471. The van der Waals surface area contributed by atoms with Crippen LogP contribution in [0.25, 0.3) is 11.5 Å². The third-order valence-electron chi connectivity index (χ3n) is 4.32. The van der Waals surface area contributed by atoms with E-state index in [1.54, 1.807) is 7.11 Å². The van der Waals surface area contributed by atoms with Gasteiger partial charge in [0.2, 0.25) is 5.89 Å². The van der Waals surface area contributed by atoms with Crippen LogP contribution in [0.1, 0.15) is 49.3 Å². The predicted octanol–water partition coefficient (Wildman–Crippen LogP) is 5.31. The lowest BCUT2D eigenvalue weighted by Crippen LogP contribution is -2.04. The number of aromatic nitrogens is 1. The van der Waals surface area contributed by atoms with E-state index >= 15 is 0 Å². The maximum atomic E-state index is 6.15. The van der Waals surface area contributed by atoms with Gasteiger partial charge in [-0.2, -0.15) is 0 Å². The largest absolute Gasteiger partial charge is 0.496 e. The highest BCUT2D eigenvalue weighted by atomic mass is 127. The highest BCUT2D eigenvalue weighted by molar-refractivity contribution is 14.1. The molecule has 0 aliphatic heterocycles. The van der Waals surface area contributed by atoms with E-state index in [4.69, 9.17) is 9.15 Å². The van der Waals surface area contributed by atoms with Crippen molar-refractivity contribution < 1.29 is 9.15 Å². The molecule has 112 valence electrons. The summed E-state index contributed by atoms with van der Waals surface area (Å²) in [6, 6.07) is 6.00. The Balaban J connectivity index is 1.97. The number of nitrogens with zero attached hydrogens (tertiary/aromatic N) is 1. The van der Waals surface area contributed by atoms with E-state index in [0.717, 1.165) is 32.2 Å². The van der Waals surface area contributed by atoms with Crippen molar-refractivity contribution in [2.75, 3.05) is 7.11 Å². The molecule has 0 bridgehead atoms. The molecule has 0 spiro atoms. The minimum atomic E-state index is 0.540. The van der Waals surface area contributed by atoms with Crippen molar-refractivity contribution in [1.82, 2.24) is 4.98 Å². The van der Waals surface area contributed by atoms with Crippen LogP contribution < -0.4 is 4.74 Å². The number of hydrogen-bond acceptors (Lipinski definition) is 3.